The number of rotatable bonds is 3. The van der Waals surface area contributed by atoms with Gasteiger partial charge in [-0.25, -0.2) is 0 Å². The predicted octanol–water partition coefficient (Wildman–Crippen LogP) is 1.84. The molecule has 3 nitrogen and oxygen atoms in total. The van der Waals surface area contributed by atoms with Gasteiger partial charge in [0.15, 0.2) is 0 Å². The van der Waals surface area contributed by atoms with E-state index in [2.05, 4.69) is 5.32 Å². The fourth-order valence-corrected chi connectivity index (χ4v) is 1.87. The summed E-state index contributed by atoms with van der Waals surface area (Å²) in [6.07, 6.45) is 0. The summed E-state index contributed by atoms with van der Waals surface area (Å²) >= 11 is 0. The Bertz CT molecular complexity index is 373. The van der Waals surface area contributed by atoms with Crippen LogP contribution in [0.2, 0.25) is 0 Å². The number of benzene rings is 1. The second kappa shape index (κ2) is 4.16. The smallest absolute Gasteiger partial charge is 0.226 e. The van der Waals surface area contributed by atoms with Gasteiger partial charge in [-0.1, -0.05) is 32.0 Å². The zero-order chi connectivity index (χ0) is 11.6. The van der Waals surface area contributed by atoms with Gasteiger partial charge in [0.05, 0.1) is 12.0 Å². The summed E-state index contributed by atoms with van der Waals surface area (Å²) in [4.78, 5) is 11.6. The van der Waals surface area contributed by atoms with E-state index in [1.165, 1.54) is 0 Å². The minimum Gasteiger partial charge on any atom is -0.493 e. The van der Waals surface area contributed by atoms with E-state index in [0.29, 0.717) is 13.2 Å². The fraction of sp³-hybridized carbons (Fsp3) is 0.462. The molecule has 0 radical (unpaired) electrons. The third-order valence-electron chi connectivity index (χ3n) is 3.31. The van der Waals surface area contributed by atoms with Crippen molar-refractivity contribution < 1.29 is 9.53 Å². The third-order valence-corrected chi connectivity index (χ3v) is 3.31. The molecule has 3 heteroatoms. The van der Waals surface area contributed by atoms with Gasteiger partial charge in [0, 0.05) is 12.5 Å². The monoisotopic (exact) mass is 219 g/mol. The van der Waals surface area contributed by atoms with Crippen LogP contribution >= 0.6 is 0 Å². The van der Waals surface area contributed by atoms with Gasteiger partial charge in [-0.3, -0.25) is 4.79 Å². The highest BCUT2D eigenvalue weighted by Crippen LogP contribution is 2.31. The predicted molar refractivity (Wildman–Crippen MR) is 62.2 cm³/mol. The minimum absolute atomic E-state index is 0.120. The van der Waals surface area contributed by atoms with E-state index in [1.807, 2.05) is 44.2 Å². The van der Waals surface area contributed by atoms with Crippen molar-refractivity contribution in [3.8, 4) is 5.75 Å². The first kappa shape index (κ1) is 11.0. The fourth-order valence-electron chi connectivity index (χ4n) is 1.87. The van der Waals surface area contributed by atoms with Crippen LogP contribution in [0.3, 0.4) is 0 Å². The first-order chi connectivity index (χ1) is 7.60. The topological polar surface area (TPSA) is 38.3 Å². The lowest BCUT2D eigenvalue weighted by atomic mass is 9.82. The molecule has 1 amide bonds. The number of carbonyl (C=O) groups is 1. The maximum Gasteiger partial charge on any atom is 0.226 e. The number of para-hydroxylation sites is 1. The van der Waals surface area contributed by atoms with Gasteiger partial charge in [0.1, 0.15) is 5.75 Å². The molecule has 86 valence electrons. The Labute approximate surface area is 95.8 Å². The van der Waals surface area contributed by atoms with Crippen molar-refractivity contribution in [2.75, 3.05) is 13.2 Å². The molecule has 0 saturated carbocycles. The number of hydrogen-bond acceptors (Lipinski definition) is 2. The Kier molecular flexibility index (Phi) is 2.86. The molecule has 1 heterocycles. The minimum atomic E-state index is -0.325. The van der Waals surface area contributed by atoms with E-state index in [4.69, 9.17) is 4.74 Å². The van der Waals surface area contributed by atoms with Crippen molar-refractivity contribution in [3.63, 3.8) is 0 Å². The largest absolute Gasteiger partial charge is 0.493 e. The molecular weight excluding hydrogens is 202 g/mol. The van der Waals surface area contributed by atoms with Crippen LogP contribution < -0.4 is 10.1 Å². The summed E-state index contributed by atoms with van der Waals surface area (Å²) in [5.41, 5.74) is -0.325. The molecule has 16 heavy (non-hydrogen) atoms. The van der Waals surface area contributed by atoms with Crippen molar-refractivity contribution >= 4 is 5.91 Å². The highest BCUT2D eigenvalue weighted by Gasteiger charge is 2.42. The SMILES string of the molecule is CC1(C)C(=O)NCC1COc1ccccc1. The number of ether oxygens (including phenoxy) is 1. The zero-order valence-corrected chi connectivity index (χ0v) is 9.69. The van der Waals surface area contributed by atoms with Crippen LogP contribution in [0.15, 0.2) is 30.3 Å². The van der Waals surface area contributed by atoms with Gasteiger partial charge in [-0.2, -0.15) is 0 Å². The molecule has 2 rings (SSSR count). The van der Waals surface area contributed by atoms with Crippen LogP contribution in [0.25, 0.3) is 0 Å². The molecule has 1 saturated heterocycles. The van der Waals surface area contributed by atoms with Crippen LogP contribution in [-0.4, -0.2) is 19.1 Å². The quantitative estimate of drug-likeness (QED) is 0.842. The van der Waals surface area contributed by atoms with E-state index in [0.717, 1.165) is 5.75 Å². The van der Waals surface area contributed by atoms with Crippen LogP contribution in [0, 0.1) is 11.3 Å². The molecule has 1 atom stereocenters. The highest BCUT2D eigenvalue weighted by atomic mass is 16.5. The van der Waals surface area contributed by atoms with E-state index in [1.54, 1.807) is 0 Å². The lowest BCUT2D eigenvalue weighted by Gasteiger charge is -2.23. The molecule has 1 aliphatic heterocycles. The summed E-state index contributed by atoms with van der Waals surface area (Å²) < 4.78 is 5.68. The lowest BCUT2D eigenvalue weighted by molar-refractivity contribution is -0.127. The molecular formula is C13H17NO2. The standard InChI is InChI=1S/C13H17NO2/c1-13(2)10(8-14-12(13)15)9-16-11-6-4-3-5-7-11/h3-7,10H,8-9H2,1-2H3,(H,14,15). The zero-order valence-electron chi connectivity index (χ0n) is 9.69. The Morgan fingerprint density at radius 3 is 2.62 bits per heavy atom. The van der Waals surface area contributed by atoms with E-state index >= 15 is 0 Å². The molecule has 0 spiro atoms. The Hall–Kier alpha value is -1.51. The summed E-state index contributed by atoms with van der Waals surface area (Å²) in [7, 11) is 0. The Balaban J connectivity index is 1.94. The summed E-state index contributed by atoms with van der Waals surface area (Å²) in [5.74, 6) is 1.21. The van der Waals surface area contributed by atoms with Gasteiger partial charge in [0.25, 0.3) is 0 Å². The van der Waals surface area contributed by atoms with Crippen molar-refractivity contribution in [1.82, 2.24) is 5.32 Å². The molecule has 1 fully saturated rings. The van der Waals surface area contributed by atoms with Crippen LogP contribution in [0.1, 0.15) is 13.8 Å². The Morgan fingerprint density at radius 1 is 1.38 bits per heavy atom. The second-order valence-corrected chi connectivity index (χ2v) is 4.75. The summed E-state index contributed by atoms with van der Waals surface area (Å²) in [6, 6.07) is 9.70. The van der Waals surface area contributed by atoms with Crippen molar-refractivity contribution in [2.45, 2.75) is 13.8 Å². The van der Waals surface area contributed by atoms with Gasteiger partial charge < -0.3 is 10.1 Å². The van der Waals surface area contributed by atoms with Crippen molar-refractivity contribution in [3.05, 3.63) is 30.3 Å². The summed E-state index contributed by atoms with van der Waals surface area (Å²) in [6.45, 7) is 5.22. The van der Waals surface area contributed by atoms with Gasteiger partial charge in [-0.05, 0) is 12.1 Å². The Morgan fingerprint density at radius 2 is 2.06 bits per heavy atom. The van der Waals surface area contributed by atoms with Gasteiger partial charge >= 0.3 is 0 Å². The van der Waals surface area contributed by atoms with Gasteiger partial charge in [-0.15, -0.1) is 0 Å². The third kappa shape index (κ3) is 2.03. The first-order valence-electron chi connectivity index (χ1n) is 5.57. The normalized spacial score (nSPS) is 22.9. The molecule has 1 aromatic rings. The van der Waals surface area contributed by atoms with Crippen LogP contribution in [0.5, 0.6) is 5.75 Å². The molecule has 1 N–H and O–H groups in total. The molecule has 1 aliphatic rings. The first-order valence-corrected chi connectivity index (χ1v) is 5.57. The van der Waals surface area contributed by atoms with Gasteiger partial charge in [0.2, 0.25) is 5.91 Å². The number of nitrogens with one attached hydrogen (secondary N) is 1. The van der Waals surface area contributed by atoms with Crippen molar-refractivity contribution in [1.29, 1.82) is 0 Å². The maximum absolute atomic E-state index is 11.6. The van der Waals surface area contributed by atoms with Crippen molar-refractivity contribution in [2.24, 2.45) is 11.3 Å². The van der Waals surface area contributed by atoms with E-state index < -0.39 is 0 Å². The van der Waals surface area contributed by atoms with Crippen LogP contribution in [0.4, 0.5) is 0 Å². The van der Waals surface area contributed by atoms with E-state index in [-0.39, 0.29) is 17.2 Å². The number of amides is 1. The highest BCUT2D eigenvalue weighted by molar-refractivity contribution is 5.84. The maximum atomic E-state index is 11.6. The molecule has 0 aromatic heterocycles. The second-order valence-electron chi connectivity index (χ2n) is 4.75. The molecule has 1 unspecified atom stereocenters. The van der Waals surface area contributed by atoms with Crippen LogP contribution in [-0.2, 0) is 4.79 Å². The number of hydrogen-bond donors (Lipinski definition) is 1. The average Bonchev–Trinajstić information content (AvgIpc) is 2.53. The molecule has 0 aliphatic carbocycles. The van der Waals surface area contributed by atoms with E-state index in [9.17, 15) is 4.79 Å². The summed E-state index contributed by atoms with van der Waals surface area (Å²) in [5, 5.41) is 2.88. The lowest BCUT2D eigenvalue weighted by Crippen LogP contribution is -2.31. The average molecular weight is 219 g/mol. The molecule has 1 aromatic carbocycles. The number of carbonyl (C=O) groups excluding carboxylic acids is 1. The molecule has 0 bridgehead atoms.